The van der Waals surface area contributed by atoms with Crippen molar-refractivity contribution in [2.75, 3.05) is 6.54 Å². The molecular weight excluding hydrogens is 278 g/mol. The summed E-state index contributed by atoms with van der Waals surface area (Å²) in [7, 11) is -0.898. The summed E-state index contributed by atoms with van der Waals surface area (Å²) in [4.78, 5) is 1.00. The van der Waals surface area contributed by atoms with Crippen molar-refractivity contribution >= 4 is 10.8 Å². The molecule has 0 amide bonds. The Morgan fingerprint density at radius 3 is 2.76 bits per heavy atom. The maximum absolute atomic E-state index is 13.1. The van der Waals surface area contributed by atoms with E-state index in [0.717, 1.165) is 23.8 Å². The Labute approximate surface area is 132 Å². The van der Waals surface area contributed by atoms with Crippen molar-refractivity contribution in [1.82, 2.24) is 5.32 Å². The second-order valence-electron chi connectivity index (χ2n) is 6.28. The van der Waals surface area contributed by atoms with Gasteiger partial charge < -0.3 is 5.32 Å². The zero-order chi connectivity index (χ0) is 15.2. The van der Waals surface area contributed by atoms with Crippen LogP contribution in [0.2, 0.25) is 0 Å². The molecule has 21 heavy (non-hydrogen) atoms. The minimum Gasteiger partial charge on any atom is -0.313 e. The van der Waals surface area contributed by atoms with E-state index in [-0.39, 0.29) is 5.25 Å². The maximum atomic E-state index is 13.1. The highest BCUT2D eigenvalue weighted by atomic mass is 32.2. The van der Waals surface area contributed by atoms with Gasteiger partial charge in [-0.1, -0.05) is 38.8 Å². The first-order valence-electron chi connectivity index (χ1n) is 8.36. The van der Waals surface area contributed by atoms with E-state index >= 15 is 0 Å². The number of aryl methyl sites for hydroxylation is 1. The van der Waals surface area contributed by atoms with Crippen molar-refractivity contribution in [2.45, 2.75) is 69.1 Å². The second kappa shape index (κ2) is 8.09. The lowest BCUT2D eigenvalue weighted by Gasteiger charge is -2.36. The van der Waals surface area contributed by atoms with Crippen LogP contribution in [0.25, 0.3) is 0 Å². The molecule has 0 aliphatic heterocycles. The van der Waals surface area contributed by atoms with Gasteiger partial charge >= 0.3 is 0 Å². The van der Waals surface area contributed by atoms with E-state index in [1.54, 1.807) is 0 Å². The molecule has 3 heteroatoms. The predicted octanol–water partition coefficient (Wildman–Crippen LogP) is 4.05. The van der Waals surface area contributed by atoms with Crippen molar-refractivity contribution < 1.29 is 4.21 Å². The number of hydrogen-bond donors (Lipinski definition) is 1. The number of nitrogens with one attached hydrogen (secondary N) is 1. The van der Waals surface area contributed by atoms with Crippen molar-refractivity contribution in [3.8, 4) is 0 Å². The molecule has 118 valence electrons. The summed E-state index contributed by atoms with van der Waals surface area (Å²) in [5.41, 5.74) is 1.20. The first-order chi connectivity index (χ1) is 10.2. The van der Waals surface area contributed by atoms with E-state index in [4.69, 9.17) is 0 Å². The summed E-state index contributed by atoms with van der Waals surface area (Å²) in [6.45, 7) is 7.43. The summed E-state index contributed by atoms with van der Waals surface area (Å²) in [5.74, 6) is 0.753. The Hall–Kier alpha value is -0.670. The summed E-state index contributed by atoms with van der Waals surface area (Å²) in [5, 5.41) is 3.83. The predicted molar refractivity (Wildman–Crippen MR) is 91.1 cm³/mol. The van der Waals surface area contributed by atoms with E-state index in [9.17, 15) is 4.21 Å². The molecule has 4 unspecified atom stereocenters. The molecule has 2 rings (SSSR count). The summed E-state index contributed by atoms with van der Waals surface area (Å²) in [6.07, 6.45) is 6.07. The highest BCUT2D eigenvalue weighted by molar-refractivity contribution is 7.85. The first kappa shape index (κ1) is 16.7. The summed E-state index contributed by atoms with van der Waals surface area (Å²) >= 11 is 0. The van der Waals surface area contributed by atoms with Crippen molar-refractivity contribution in [2.24, 2.45) is 5.92 Å². The number of hydrogen-bond acceptors (Lipinski definition) is 2. The average Bonchev–Trinajstić information content (AvgIpc) is 2.48. The fraction of sp³-hybridized carbons (Fsp3) is 0.667. The molecule has 1 saturated carbocycles. The van der Waals surface area contributed by atoms with Gasteiger partial charge in [0, 0.05) is 10.9 Å². The van der Waals surface area contributed by atoms with Gasteiger partial charge in [-0.05, 0) is 56.3 Å². The molecule has 0 heterocycles. The minimum atomic E-state index is -0.898. The van der Waals surface area contributed by atoms with Crippen LogP contribution in [0.3, 0.4) is 0 Å². The van der Waals surface area contributed by atoms with Gasteiger partial charge in [-0.3, -0.25) is 4.21 Å². The van der Waals surface area contributed by atoms with E-state index in [1.165, 1.54) is 31.2 Å². The molecule has 1 fully saturated rings. The van der Waals surface area contributed by atoms with Gasteiger partial charge in [0.1, 0.15) is 0 Å². The van der Waals surface area contributed by atoms with E-state index < -0.39 is 10.8 Å². The Kier molecular flexibility index (Phi) is 6.43. The molecular formula is C18H29NOS. The minimum absolute atomic E-state index is 0.261. The van der Waals surface area contributed by atoms with Crippen LogP contribution in [0.1, 0.15) is 51.5 Å². The van der Waals surface area contributed by atoms with Crippen LogP contribution in [0.4, 0.5) is 0 Å². The van der Waals surface area contributed by atoms with E-state index in [2.05, 4.69) is 38.2 Å². The largest absolute Gasteiger partial charge is 0.313 e. The molecule has 1 aliphatic carbocycles. The van der Waals surface area contributed by atoms with Gasteiger partial charge in [-0.25, -0.2) is 0 Å². The van der Waals surface area contributed by atoms with Crippen LogP contribution in [-0.2, 0) is 10.8 Å². The summed E-state index contributed by atoms with van der Waals surface area (Å²) < 4.78 is 13.1. The van der Waals surface area contributed by atoms with Crippen LogP contribution in [0, 0.1) is 12.8 Å². The number of rotatable bonds is 6. The highest BCUT2D eigenvalue weighted by Crippen LogP contribution is 2.33. The molecule has 1 aromatic rings. The molecule has 4 atom stereocenters. The van der Waals surface area contributed by atoms with Gasteiger partial charge in [-0.15, -0.1) is 0 Å². The lowest BCUT2D eigenvalue weighted by Crippen LogP contribution is -2.46. The zero-order valence-electron chi connectivity index (χ0n) is 13.6. The van der Waals surface area contributed by atoms with Crippen molar-refractivity contribution in [1.29, 1.82) is 0 Å². The smallest absolute Gasteiger partial charge is 0.0576 e. The van der Waals surface area contributed by atoms with Crippen molar-refractivity contribution in [3.63, 3.8) is 0 Å². The van der Waals surface area contributed by atoms with Crippen LogP contribution in [-0.4, -0.2) is 22.0 Å². The molecule has 0 radical (unpaired) electrons. The topological polar surface area (TPSA) is 29.1 Å². The Bertz CT molecular complexity index is 474. The third kappa shape index (κ3) is 4.40. The third-order valence-corrected chi connectivity index (χ3v) is 6.35. The molecule has 0 saturated heterocycles. The van der Waals surface area contributed by atoms with Gasteiger partial charge in [0.25, 0.3) is 0 Å². The Morgan fingerprint density at radius 1 is 1.29 bits per heavy atom. The monoisotopic (exact) mass is 307 g/mol. The highest BCUT2D eigenvalue weighted by Gasteiger charge is 2.34. The van der Waals surface area contributed by atoms with Crippen LogP contribution in [0.5, 0.6) is 0 Å². The van der Waals surface area contributed by atoms with E-state index in [0.29, 0.717) is 6.04 Å². The van der Waals surface area contributed by atoms with Gasteiger partial charge in [0.05, 0.1) is 16.0 Å². The van der Waals surface area contributed by atoms with Crippen LogP contribution >= 0.6 is 0 Å². The third-order valence-electron chi connectivity index (χ3n) is 4.56. The lowest BCUT2D eigenvalue weighted by atomic mass is 9.83. The molecule has 1 aromatic carbocycles. The molecule has 0 spiro atoms. The quantitative estimate of drug-likeness (QED) is 0.859. The standard InChI is InChI=1S/C18H29NOS/c1-4-7-15-10-11-17(19-5-2)18(13-15)21(20)16-9-6-8-14(3)12-16/h6,8-9,12,15,17-19H,4-5,7,10-11,13H2,1-3H3. The summed E-state index contributed by atoms with van der Waals surface area (Å²) in [6, 6.07) is 8.61. The van der Waals surface area contributed by atoms with Gasteiger partial charge in [-0.2, -0.15) is 0 Å². The Morgan fingerprint density at radius 2 is 2.10 bits per heavy atom. The second-order valence-corrected chi connectivity index (χ2v) is 7.96. The molecule has 1 aliphatic rings. The zero-order valence-corrected chi connectivity index (χ0v) is 14.4. The fourth-order valence-corrected chi connectivity index (χ4v) is 5.37. The normalized spacial score (nSPS) is 27.5. The first-order valence-corrected chi connectivity index (χ1v) is 9.57. The molecule has 1 N–H and O–H groups in total. The Balaban J connectivity index is 2.16. The van der Waals surface area contributed by atoms with Gasteiger partial charge in [0.2, 0.25) is 0 Å². The van der Waals surface area contributed by atoms with Crippen LogP contribution < -0.4 is 5.32 Å². The average molecular weight is 308 g/mol. The molecule has 0 bridgehead atoms. The number of benzene rings is 1. The SMILES string of the molecule is CCCC1CCC(NCC)C(S(=O)c2cccc(C)c2)C1. The fourth-order valence-electron chi connectivity index (χ4n) is 3.53. The van der Waals surface area contributed by atoms with Crippen molar-refractivity contribution in [3.05, 3.63) is 29.8 Å². The van der Waals surface area contributed by atoms with Crippen LogP contribution in [0.15, 0.2) is 29.2 Å². The maximum Gasteiger partial charge on any atom is 0.0576 e. The van der Waals surface area contributed by atoms with Gasteiger partial charge in [0.15, 0.2) is 0 Å². The molecule has 0 aromatic heterocycles. The van der Waals surface area contributed by atoms with E-state index in [1.807, 2.05) is 12.1 Å². The molecule has 2 nitrogen and oxygen atoms in total. The lowest BCUT2D eigenvalue weighted by molar-refractivity contribution is 0.286.